The third-order valence-corrected chi connectivity index (χ3v) is 2.99. The molecule has 0 saturated heterocycles. The molecule has 114 valence electrons. The van der Waals surface area contributed by atoms with Crippen molar-refractivity contribution in [2.75, 3.05) is 0 Å². The van der Waals surface area contributed by atoms with Crippen molar-refractivity contribution < 1.29 is 19.6 Å². The van der Waals surface area contributed by atoms with Gasteiger partial charge in [-0.25, -0.2) is 0 Å². The lowest BCUT2D eigenvalue weighted by Gasteiger charge is -2.16. The fourth-order valence-corrected chi connectivity index (χ4v) is 2.04. The molecule has 7 nitrogen and oxygen atoms in total. The van der Waals surface area contributed by atoms with Gasteiger partial charge in [0.05, 0.1) is 11.3 Å². The second-order valence-corrected chi connectivity index (χ2v) is 4.83. The minimum atomic E-state index is -1.02. The average molecular weight is 294 g/mol. The summed E-state index contributed by atoms with van der Waals surface area (Å²) in [4.78, 5) is 33.3. The van der Waals surface area contributed by atoms with E-state index in [0.717, 1.165) is 5.56 Å². The van der Waals surface area contributed by atoms with Crippen LogP contribution in [0.3, 0.4) is 0 Å². The largest absolute Gasteiger partial charge is 0.481 e. The highest BCUT2D eigenvalue weighted by Gasteiger charge is 2.23. The van der Waals surface area contributed by atoms with Gasteiger partial charge in [-0.3, -0.25) is 19.7 Å². The van der Waals surface area contributed by atoms with Crippen LogP contribution >= 0.6 is 0 Å². The lowest BCUT2D eigenvalue weighted by atomic mass is 10.1. The zero-order chi connectivity index (χ0) is 16.0. The summed E-state index contributed by atoms with van der Waals surface area (Å²) in [5.41, 5.74) is 0.381. The number of nitrogens with zero attached hydrogens (tertiary/aromatic N) is 1. The third kappa shape index (κ3) is 4.87. The molecule has 0 aliphatic heterocycles. The summed E-state index contributed by atoms with van der Waals surface area (Å²) in [6, 6.07) is 3.71. The second-order valence-electron chi connectivity index (χ2n) is 4.83. The van der Waals surface area contributed by atoms with Crippen LogP contribution in [0.25, 0.3) is 0 Å². The third-order valence-electron chi connectivity index (χ3n) is 2.99. The minimum absolute atomic E-state index is 0.0495. The topological polar surface area (TPSA) is 110 Å². The van der Waals surface area contributed by atoms with E-state index in [2.05, 4.69) is 5.32 Å². The maximum Gasteiger partial charge on any atom is 0.305 e. The molecule has 0 bridgehead atoms. The van der Waals surface area contributed by atoms with E-state index in [4.69, 9.17) is 5.11 Å². The SMILES string of the molecule is CCCC(CC(=O)O)NC(=O)c1cc(C)ccc1[N+](=O)[O-]. The number of amides is 1. The van der Waals surface area contributed by atoms with Gasteiger partial charge in [-0.1, -0.05) is 19.4 Å². The summed E-state index contributed by atoms with van der Waals surface area (Å²) < 4.78 is 0. The van der Waals surface area contributed by atoms with Gasteiger partial charge >= 0.3 is 5.97 Å². The van der Waals surface area contributed by atoms with Crippen LogP contribution in [0.5, 0.6) is 0 Å². The van der Waals surface area contributed by atoms with Crippen molar-refractivity contribution in [2.45, 2.75) is 39.2 Å². The van der Waals surface area contributed by atoms with Crippen molar-refractivity contribution in [1.82, 2.24) is 5.32 Å². The summed E-state index contributed by atoms with van der Waals surface area (Å²) in [5.74, 6) is -1.64. The number of aryl methyl sites for hydroxylation is 1. The van der Waals surface area contributed by atoms with E-state index in [1.807, 2.05) is 6.92 Å². The Kier molecular flexibility index (Phi) is 5.83. The lowest BCUT2D eigenvalue weighted by molar-refractivity contribution is -0.385. The van der Waals surface area contributed by atoms with E-state index in [1.54, 1.807) is 13.0 Å². The minimum Gasteiger partial charge on any atom is -0.481 e. The van der Waals surface area contributed by atoms with Gasteiger partial charge in [0.15, 0.2) is 0 Å². The van der Waals surface area contributed by atoms with Crippen molar-refractivity contribution in [1.29, 1.82) is 0 Å². The van der Waals surface area contributed by atoms with Crippen LogP contribution in [0.1, 0.15) is 42.1 Å². The van der Waals surface area contributed by atoms with E-state index >= 15 is 0 Å². The average Bonchev–Trinajstić information content (AvgIpc) is 2.37. The number of benzene rings is 1. The van der Waals surface area contributed by atoms with Crippen LogP contribution in [-0.4, -0.2) is 27.9 Å². The molecule has 0 saturated carbocycles. The molecular weight excluding hydrogens is 276 g/mol. The standard InChI is InChI=1S/C14H18N2O5/c1-3-4-10(8-13(17)18)15-14(19)11-7-9(2)5-6-12(11)16(20)21/h5-7,10H,3-4,8H2,1-2H3,(H,15,19)(H,17,18). The van der Waals surface area contributed by atoms with E-state index < -0.39 is 22.8 Å². The Morgan fingerprint density at radius 1 is 1.43 bits per heavy atom. The summed E-state index contributed by atoms with van der Waals surface area (Å²) in [6.45, 7) is 3.59. The predicted molar refractivity (Wildman–Crippen MR) is 76.2 cm³/mol. The Bertz CT molecular complexity index is 556. The highest BCUT2D eigenvalue weighted by Crippen LogP contribution is 2.20. The number of hydrogen-bond donors (Lipinski definition) is 2. The van der Waals surface area contributed by atoms with Crippen LogP contribution < -0.4 is 5.32 Å². The molecule has 1 unspecified atom stereocenters. The van der Waals surface area contributed by atoms with Crippen molar-refractivity contribution in [3.63, 3.8) is 0 Å². The van der Waals surface area contributed by atoms with Crippen molar-refractivity contribution in [3.05, 3.63) is 39.4 Å². The first-order chi connectivity index (χ1) is 9.85. The maximum absolute atomic E-state index is 12.2. The van der Waals surface area contributed by atoms with Gasteiger partial charge in [0.1, 0.15) is 5.56 Å². The molecule has 0 aliphatic rings. The number of aliphatic carboxylic acids is 1. The number of nitrogens with one attached hydrogen (secondary N) is 1. The summed E-state index contributed by atoms with van der Waals surface area (Å²) >= 11 is 0. The predicted octanol–water partition coefficient (Wildman–Crippen LogP) is 2.28. The molecule has 0 fully saturated rings. The fourth-order valence-electron chi connectivity index (χ4n) is 2.04. The van der Waals surface area contributed by atoms with Crippen LogP contribution in [0.4, 0.5) is 5.69 Å². The smallest absolute Gasteiger partial charge is 0.305 e. The van der Waals surface area contributed by atoms with Crippen molar-refractivity contribution in [3.8, 4) is 0 Å². The molecule has 0 spiro atoms. The van der Waals surface area contributed by atoms with E-state index in [9.17, 15) is 19.7 Å². The van der Waals surface area contributed by atoms with Crippen LogP contribution in [0.2, 0.25) is 0 Å². The Morgan fingerprint density at radius 2 is 2.10 bits per heavy atom. The molecule has 1 atom stereocenters. The van der Waals surface area contributed by atoms with E-state index in [1.165, 1.54) is 12.1 Å². The van der Waals surface area contributed by atoms with Crippen molar-refractivity contribution in [2.24, 2.45) is 0 Å². The highest BCUT2D eigenvalue weighted by atomic mass is 16.6. The quantitative estimate of drug-likeness (QED) is 0.592. The number of rotatable bonds is 7. The van der Waals surface area contributed by atoms with Crippen LogP contribution in [-0.2, 0) is 4.79 Å². The molecule has 7 heteroatoms. The van der Waals surface area contributed by atoms with Crippen LogP contribution in [0.15, 0.2) is 18.2 Å². The molecule has 0 radical (unpaired) electrons. The molecule has 21 heavy (non-hydrogen) atoms. The van der Waals surface area contributed by atoms with E-state index in [-0.39, 0.29) is 17.7 Å². The monoisotopic (exact) mass is 294 g/mol. The molecule has 1 amide bonds. The van der Waals surface area contributed by atoms with Crippen LogP contribution in [0, 0.1) is 17.0 Å². The fraction of sp³-hybridized carbons (Fsp3) is 0.429. The number of carbonyl (C=O) groups is 2. The molecule has 1 rings (SSSR count). The summed E-state index contributed by atoms with van der Waals surface area (Å²) in [6.07, 6.45) is 0.991. The molecular formula is C14H18N2O5. The van der Waals surface area contributed by atoms with Gasteiger partial charge in [-0.15, -0.1) is 0 Å². The molecule has 0 aliphatic carbocycles. The normalized spacial score (nSPS) is 11.7. The highest BCUT2D eigenvalue weighted by molar-refractivity contribution is 5.98. The Morgan fingerprint density at radius 3 is 2.62 bits per heavy atom. The van der Waals surface area contributed by atoms with Gasteiger partial charge in [0.2, 0.25) is 0 Å². The molecule has 1 aromatic carbocycles. The Labute approximate surface area is 122 Å². The zero-order valence-electron chi connectivity index (χ0n) is 12.0. The maximum atomic E-state index is 12.2. The Balaban J connectivity index is 2.98. The number of nitro benzene ring substituents is 1. The number of carboxylic acids is 1. The number of hydrogen-bond acceptors (Lipinski definition) is 4. The number of carboxylic acid groups (broad SMARTS) is 1. The second kappa shape index (κ2) is 7.37. The molecule has 0 aromatic heterocycles. The first-order valence-electron chi connectivity index (χ1n) is 6.62. The number of carbonyl (C=O) groups excluding carboxylic acids is 1. The summed E-state index contributed by atoms with van der Waals surface area (Å²) in [5, 5.41) is 22.3. The van der Waals surface area contributed by atoms with Gasteiger partial charge in [0.25, 0.3) is 11.6 Å². The lowest BCUT2D eigenvalue weighted by Crippen LogP contribution is -2.36. The number of nitro groups is 1. The molecule has 1 aromatic rings. The summed E-state index contributed by atoms with van der Waals surface area (Å²) in [7, 11) is 0. The van der Waals surface area contributed by atoms with E-state index in [0.29, 0.717) is 12.8 Å². The van der Waals surface area contributed by atoms with Gasteiger partial charge < -0.3 is 10.4 Å². The van der Waals surface area contributed by atoms with Gasteiger partial charge in [0, 0.05) is 12.1 Å². The Hall–Kier alpha value is -2.44. The van der Waals surface area contributed by atoms with Gasteiger partial charge in [-0.05, 0) is 25.0 Å². The molecule has 2 N–H and O–H groups in total. The first kappa shape index (κ1) is 16.6. The first-order valence-corrected chi connectivity index (χ1v) is 6.62. The zero-order valence-corrected chi connectivity index (χ0v) is 12.0. The van der Waals surface area contributed by atoms with Gasteiger partial charge in [-0.2, -0.15) is 0 Å². The molecule has 0 heterocycles. The van der Waals surface area contributed by atoms with Crippen molar-refractivity contribution >= 4 is 17.6 Å².